The fourth-order valence-electron chi connectivity index (χ4n) is 3.52. The summed E-state index contributed by atoms with van der Waals surface area (Å²) < 4.78 is 0. The summed E-state index contributed by atoms with van der Waals surface area (Å²) in [4.78, 5) is 6.46. The van der Waals surface area contributed by atoms with Gasteiger partial charge in [0.2, 0.25) is 0 Å². The number of nitrogens with one attached hydrogen (secondary N) is 1. The van der Waals surface area contributed by atoms with Crippen LogP contribution in [-0.2, 0) is 13.0 Å². The highest BCUT2D eigenvalue weighted by molar-refractivity contribution is 6.29. The molecule has 0 bridgehead atoms. The van der Waals surface area contributed by atoms with Crippen molar-refractivity contribution in [2.24, 2.45) is 11.7 Å². The number of aromatic nitrogens is 1. The van der Waals surface area contributed by atoms with Crippen molar-refractivity contribution in [3.05, 3.63) is 76.2 Å². The van der Waals surface area contributed by atoms with Crippen LogP contribution in [0.1, 0.15) is 24.0 Å². The fraction of sp³-hybridized carbons (Fsp3) is 0.333. The van der Waals surface area contributed by atoms with Crippen LogP contribution in [0.2, 0.25) is 5.15 Å². The summed E-state index contributed by atoms with van der Waals surface area (Å²) in [6, 6.07) is 14.2. The van der Waals surface area contributed by atoms with Crippen LogP contribution in [0.5, 0.6) is 0 Å². The molecule has 0 radical (unpaired) electrons. The molecule has 1 aromatic heterocycles. The maximum atomic E-state index is 7.77. The van der Waals surface area contributed by atoms with Gasteiger partial charge in [0.15, 0.2) is 0 Å². The van der Waals surface area contributed by atoms with E-state index in [4.69, 9.17) is 22.7 Å². The van der Waals surface area contributed by atoms with Crippen LogP contribution in [0.25, 0.3) is 0 Å². The van der Waals surface area contributed by atoms with Gasteiger partial charge in [0.05, 0.1) is 0 Å². The van der Waals surface area contributed by atoms with Crippen molar-refractivity contribution < 1.29 is 0 Å². The van der Waals surface area contributed by atoms with E-state index in [9.17, 15) is 0 Å². The van der Waals surface area contributed by atoms with Crippen molar-refractivity contribution in [1.82, 2.24) is 9.88 Å². The predicted octanol–water partition coefficient (Wildman–Crippen LogP) is 4.05. The largest absolute Gasteiger partial charge is 0.402 e. The van der Waals surface area contributed by atoms with Gasteiger partial charge in [0.1, 0.15) is 5.15 Å². The van der Waals surface area contributed by atoms with E-state index in [-0.39, 0.29) is 0 Å². The number of hydrogen-bond donors (Lipinski definition) is 2. The summed E-state index contributed by atoms with van der Waals surface area (Å²) in [7, 11) is 0. The number of rotatable bonds is 6. The minimum absolute atomic E-state index is 0.354. The topological polar surface area (TPSA) is 66.0 Å². The normalized spacial score (nSPS) is 17.0. The van der Waals surface area contributed by atoms with Crippen molar-refractivity contribution in [2.45, 2.75) is 25.8 Å². The minimum atomic E-state index is 0.354. The van der Waals surface area contributed by atoms with Gasteiger partial charge in [0.25, 0.3) is 0 Å². The van der Waals surface area contributed by atoms with Crippen molar-refractivity contribution in [1.29, 1.82) is 5.41 Å². The third-order valence-electron chi connectivity index (χ3n) is 5.01. The average Bonchev–Trinajstić information content (AvgIpc) is 2.67. The summed E-state index contributed by atoms with van der Waals surface area (Å²) in [5, 5.41) is 8.32. The SMILES string of the molecule is N=C/C(Cc1ccccc1)=C(\N)C1CCN(Cc2ccnc(Cl)c2)CC1. The first-order chi connectivity index (χ1) is 12.7. The Morgan fingerprint density at radius 1 is 1.19 bits per heavy atom. The van der Waals surface area contributed by atoms with Crippen molar-refractivity contribution in [3.8, 4) is 0 Å². The number of hydrogen-bond acceptors (Lipinski definition) is 4. The van der Waals surface area contributed by atoms with Crippen molar-refractivity contribution in [2.75, 3.05) is 13.1 Å². The number of allylic oxidation sites excluding steroid dienone is 2. The molecule has 1 fully saturated rings. The molecule has 2 aromatic rings. The Kier molecular flexibility index (Phi) is 6.42. The van der Waals surface area contributed by atoms with Gasteiger partial charge in [-0.25, -0.2) is 4.98 Å². The van der Waals surface area contributed by atoms with Gasteiger partial charge in [0, 0.05) is 37.0 Å². The molecule has 1 aliphatic rings. The van der Waals surface area contributed by atoms with Gasteiger partial charge in [-0.05, 0) is 54.8 Å². The number of halogens is 1. The second-order valence-electron chi connectivity index (χ2n) is 6.82. The number of nitrogens with two attached hydrogens (primary N) is 1. The zero-order valence-corrected chi connectivity index (χ0v) is 15.6. The lowest BCUT2D eigenvalue weighted by Gasteiger charge is -2.32. The zero-order chi connectivity index (χ0) is 18.4. The Hall–Kier alpha value is -2.17. The third-order valence-corrected chi connectivity index (χ3v) is 5.21. The fourth-order valence-corrected chi connectivity index (χ4v) is 3.71. The number of piperidine rings is 1. The molecule has 136 valence electrons. The maximum Gasteiger partial charge on any atom is 0.129 e. The maximum absolute atomic E-state index is 7.77. The van der Waals surface area contributed by atoms with Crippen LogP contribution in [0.4, 0.5) is 0 Å². The van der Waals surface area contributed by atoms with Gasteiger partial charge in [-0.1, -0.05) is 41.9 Å². The molecule has 1 saturated heterocycles. The van der Waals surface area contributed by atoms with Crippen LogP contribution in [0.3, 0.4) is 0 Å². The molecule has 1 aliphatic heterocycles. The second kappa shape index (κ2) is 8.97. The van der Waals surface area contributed by atoms with E-state index in [1.165, 1.54) is 17.3 Å². The monoisotopic (exact) mass is 368 g/mol. The number of pyridine rings is 1. The molecular weight excluding hydrogens is 344 g/mol. The van der Waals surface area contributed by atoms with Gasteiger partial charge < -0.3 is 11.1 Å². The molecule has 26 heavy (non-hydrogen) atoms. The molecule has 0 amide bonds. The molecule has 3 rings (SSSR count). The minimum Gasteiger partial charge on any atom is -0.402 e. The van der Waals surface area contributed by atoms with Gasteiger partial charge in [-0.3, -0.25) is 4.90 Å². The second-order valence-corrected chi connectivity index (χ2v) is 7.21. The quantitative estimate of drug-likeness (QED) is 0.597. The van der Waals surface area contributed by atoms with Gasteiger partial charge >= 0.3 is 0 Å². The molecule has 0 spiro atoms. The Morgan fingerprint density at radius 2 is 1.92 bits per heavy atom. The Balaban J connectivity index is 1.59. The molecular formula is C21H25ClN4. The molecule has 0 unspecified atom stereocenters. The molecule has 0 atom stereocenters. The smallest absolute Gasteiger partial charge is 0.129 e. The number of likely N-dealkylation sites (tertiary alicyclic amines) is 1. The molecule has 1 aromatic carbocycles. The molecule has 3 N–H and O–H groups in total. The Morgan fingerprint density at radius 3 is 2.58 bits per heavy atom. The van der Waals surface area contributed by atoms with Crippen LogP contribution >= 0.6 is 11.6 Å². The highest BCUT2D eigenvalue weighted by Crippen LogP contribution is 2.26. The third kappa shape index (κ3) is 4.93. The molecule has 0 saturated carbocycles. The standard InChI is InChI=1S/C21H25ClN4/c22-20-13-17(6-9-25-20)15-26-10-7-18(8-11-26)21(24)19(14-23)12-16-4-2-1-3-5-16/h1-6,9,13-14,18,23H,7-8,10-12,15,24H2/b21-19-,23-14?. The zero-order valence-electron chi connectivity index (χ0n) is 14.9. The summed E-state index contributed by atoms with van der Waals surface area (Å²) in [6.07, 6.45) is 5.96. The number of benzene rings is 1. The first-order valence-corrected chi connectivity index (χ1v) is 9.39. The summed E-state index contributed by atoms with van der Waals surface area (Å²) in [6.45, 7) is 2.89. The van der Waals surface area contributed by atoms with Crippen LogP contribution in [-0.4, -0.2) is 29.2 Å². The average molecular weight is 369 g/mol. The lowest BCUT2D eigenvalue weighted by Crippen LogP contribution is -2.35. The number of nitrogens with zero attached hydrogens (tertiary/aromatic N) is 2. The lowest BCUT2D eigenvalue weighted by molar-refractivity contribution is 0.190. The van der Waals surface area contributed by atoms with E-state index in [2.05, 4.69) is 22.0 Å². The van der Waals surface area contributed by atoms with Gasteiger partial charge in [-0.2, -0.15) is 0 Å². The highest BCUT2D eigenvalue weighted by Gasteiger charge is 2.22. The summed E-state index contributed by atoms with van der Waals surface area (Å²) in [5.41, 5.74) is 10.7. The predicted molar refractivity (Wildman–Crippen MR) is 107 cm³/mol. The van der Waals surface area contributed by atoms with Crippen LogP contribution in [0, 0.1) is 11.3 Å². The van der Waals surface area contributed by atoms with E-state index in [1.807, 2.05) is 30.3 Å². The van der Waals surface area contributed by atoms with Gasteiger partial charge in [-0.15, -0.1) is 0 Å². The van der Waals surface area contributed by atoms with E-state index in [0.29, 0.717) is 11.1 Å². The molecule has 2 heterocycles. The highest BCUT2D eigenvalue weighted by atomic mass is 35.5. The van der Waals surface area contributed by atoms with E-state index >= 15 is 0 Å². The lowest BCUT2D eigenvalue weighted by atomic mass is 9.89. The Labute approximate surface area is 160 Å². The summed E-state index contributed by atoms with van der Waals surface area (Å²) in [5.74, 6) is 0.354. The van der Waals surface area contributed by atoms with Crippen LogP contribution < -0.4 is 5.73 Å². The van der Waals surface area contributed by atoms with Crippen molar-refractivity contribution >= 4 is 17.8 Å². The molecule has 0 aliphatic carbocycles. The molecule has 4 nitrogen and oxygen atoms in total. The van der Waals surface area contributed by atoms with Crippen LogP contribution in [0.15, 0.2) is 59.9 Å². The van der Waals surface area contributed by atoms with Crippen molar-refractivity contribution in [3.63, 3.8) is 0 Å². The van der Waals surface area contributed by atoms with E-state index in [1.54, 1.807) is 6.20 Å². The van der Waals surface area contributed by atoms with E-state index in [0.717, 1.165) is 50.2 Å². The molecule has 5 heteroatoms. The summed E-state index contributed by atoms with van der Waals surface area (Å²) >= 11 is 5.97. The first-order valence-electron chi connectivity index (χ1n) is 9.01. The Bertz CT molecular complexity index is 765. The first kappa shape index (κ1) is 18.6. The van der Waals surface area contributed by atoms with E-state index < -0.39 is 0 Å².